The largest absolute Gasteiger partial charge is 0.375 e. The Morgan fingerprint density at radius 2 is 1.80 bits per heavy atom. The summed E-state index contributed by atoms with van der Waals surface area (Å²) in [4.78, 5) is 21.7. The molecule has 5 heteroatoms. The molecule has 0 bridgehead atoms. The molecule has 1 saturated carbocycles. The monoisotopic (exact) mass is 489 g/mol. The lowest BCUT2D eigenvalue weighted by Gasteiger charge is -2.36. The first kappa shape index (κ1) is 24.5. The summed E-state index contributed by atoms with van der Waals surface area (Å²) >= 11 is 1.69. The number of anilines is 1. The lowest BCUT2D eigenvalue weighted by Crippen LogP contribution is -2.41. The molecule has 0 spiro atoms. The number of aryl methyl sites for hydroxylation is 1. The van der Waals surface area contributed by atoms with Gasteiger partial charge < -0.3 is 10.6 Å². The number of carbonyl (C=O) groups is 1. The maximum atomic E-state index is 13.0. The molecular formula is C30H39N3OS. The third kappa shape index (κ3) is 5.95. The molecule has 1 aromatic heterocycles. The summed E-state index contributed by atoms with van der Waals surface area (Å²) < 4.78 is 0. The fraction of sp³-hybridized carbons (Fsp3) is 0.533. The SMILES string of the molecule is CCCN(CCC1CCC(CC(=O)c2ccc3ccccc3c2)CC1)[C@H]1CCc2nc(N)sc2C1. The first-order chi connectivity index (χ1) is 17.1. The number of rotatable bonds is 9. The van der Waals surface area contributed by atoms with Gasteiger partial charge in [0.15, 0.2) is 10.9 Å². The highest BCUT2D eigenvalue weighted by molar-refractivity contribution is 7.15. The molecule has 0 saturated heterocycles. The van der Waals surface area contributed by atoms with Crippen molar-refractivity contribution in [1.82, 2.24) is 9.88 Å². The van der Waals surface area contributed by atoms with Crippen LogP contribution in [0.25, 0.3) is 10.8 Å². The van der Waals surface area contributed by atoms with E-state index in [1.54, 1.807) is 11.3 Å². The van der Waals surface area contributed by atoms with E-state index in [1.165, 1.54) is 74.0 Å². The van der Waals surface area contributed by atoms with E-state index in [9.17, 15) is 4.79 Å². The van der Waals surface area contributed by atoms with E-state index in [2.05, 4.69) is 41.1 Å². The Morgan fingerprint density at radius 1 is 1.03 bits per heavy atom. The van der Waals surface area contributed by atoms with Gasteiger partial charge in [-0.2, -0.15) is 0 Å². The van der Waals surface area contributed by atoms with Crippen LogP contribution < -0.4 is 5.73 Å². The first-order valence-electron chi connectivity index (χ1n) is 13.6. The second-order valence-corrected chi connectivity index (χ2v) is 11.8. The van der Waals surface area contributed by atoms with E-state index >= 15 is 0 Å². The molecule has 3 aromatic rings. The average Bonchev–Trinajstić information content (AvgIpc) is 3.26. The smallest absolute Gasteiger partial charge is 0.180 e. The van der Waals surface area contributed by atoms with Gasteiger partial charge in [0.25, 0.3) is 0 Å². The molecule has 35 heavy (non-hydrogen) atoms. The molecule has 1 fully saturated rings. The van der Waals surface area contributed by atoms with Crippen LogP contribution in [0.4, 0.5) is 5.13 Å². The number of fused-ring (bicyclic) bond motifs is 2. The molecule has 2 aromatic carbocycles. The molecule has 2 aliphatic carbocycles. The summed E-state index contributed by atoms with van der Waals surface area (Å²) in [5, 5.41) is 3.09. The third-order valence-corrected chi connectivity index (χ3v) is 9.24. The lowest BCUT2D eigenvalue weighted by molar-refractivity contribution is 0.0938. The van der Waals surface area contributed by atoms with Gasteiger partial charge in [-0.25, -0.2) is 4.98 Å². The molecule has 2 N–H and O–H groups in total. The number of ketones is 1. The van der Waals surface area contributed by atoms with Crippen molar-refractivity contribution in [2.24, 2.45) is 11.8 Å². The van der Waals surface area contributed by atoms with E-state index < -0.39 is 0 Å². The van der Waals surface area contributed by atoms with E-state index in [0.29, 0.717) is 24.2 Å². The van der Waals surface area contributed by atoms with Crippen molar-refractivity contribution >= 4 is 33.0 Å². The summed E-state index contributed by atoms with van der Waals surface area (Å²) in [6.07, 6.45) is 11.5. The van der Waals surface area contributed by atoms with Crippen LogP contribution in [0.2, 0.25) is 0 Å². The van der Waals surface area contributed by atoms with Crippen LogP contribution in [-0.2, 0) is 12.8 Å². The summed E-state index contributed by atoms with van der Waals surface area (Å²) in [7, 11) is 0. The minimum absolute atomic E-state index is 0.314. The standard InChI is InChI=1S/C30H39N3OS/c1-2-16-33(26-13-14-27-29(20-26)35-30(31)32-27)17-15-21-7-9-22(10-8-21)18-28(34)25-12-11-23-5-3-4-6-24(23)19-25/h3-6,11-12,19,21-22,26H,2,7-10,13-18,20H2,1H3,(H2,31,32)/t21?,22?,26-/m0/s1. The van der Waals surface area contributed by atoms with Crippen molar-refractivity contribution in [2.45, 2.75) is 77.2 Å². The predicted molar refractivity (Wildman–Crippen MR) is 147 cm³/mol. The Bertz CT molecular complexity index is 1150. The van der Waals surface area contributed by atoms with Crippen LogP contribution in [0.1, 0.15) is 79.2 Å². The van der Waals surface area contributed by atoms with Gasteiger partial charge in [0.2, 0.25) is 0 Å². The predicted octanol–water partition coefficient (Wildman–Crippen LogP) is 6.92. The second kappa shape index (κ2) is 11.2. The lowest BCUT2D eigenvalue weighted by atomic mass is 9.78. The van der Waals surface area contributed by atoms with Crippen molar-refractivity contribution in [3.8, 4) is 0 Å². The molecule has 0 amide bonds. The highest BCUT2D eigenvalue weighted by Gasteiger charge is 2.28. The number of aromatic nitrogens is 1. The minimum atomic E-state index is 0.314. The van der Waals surface area contributed by atoms with Gasteiger partial charge in [0, 0.05) is 22.9 Å². The van der Waals surface area contributed by atoms with E-state index in [1.807, 2.05) is 18.2 Å². The molecule has 0 unspecified atom stereocenters. The zero-order valence-electron chi connectivity index (χ0n) is 21.0. The fourth-order valence-electron chi connectivity index (χ4n) is 6.27. The van der Waals surface area contributed by atoms with Crippen LogP contribution >= 0.6 is 11.3 Å². The zero-order valence-corrected chi connectivity index (χ0v) is 21.9. The van der Waals surface area contributed by atoms with Crippen molar-refractivity contribution in [3.63, 3.8) is 0 Å². The normalized spacial score (nSPS) is 22.4. The Morgan fingerprint density at radius 3 is 2.60 bits per heavy atom. The number of nitrogen functional groups attached to an aromatic ring is 1. The number of hydrogen-bond donors (Lipinski definition) is 1. The maximum Gasteiger partial charge on any atom is 0.180 e. The van der Waals surface area contributed by atoms with Crippen molar-refractivity contribution in [3.05, 3.63) is 58.6 Å². The Hall–Kier alpha value is -2.24. The number of nitrogens with two attached hydrogens (primary N) is 1. The van der Waals surface area contributed by atoms with Crippen LogP contribution in [0.5, 0.6) is 0 Å². The van der Waals surface area contributed by atoms with Gasteiger partial charge in [-0.3, -0.25) is 4.79 Å². The van der Waals surface area contributed by atoms with Crippen LogP contribution in [0.15, 0.2) is 42.5 Å². The highest BCUT2D eigenvalue weighted by Crippen LogP contribution is 2.35. The van der Waals surface area contributed by atoms with Gasteiger partial charge in [-0.15, -0.1) is 11.3 Å². The molecule has 1 heterocycles. The molecule has 5 rings (SSSR count). The average molecular weight is 490 g/mol. The fourth-order valence-corrected chi connectivity index (χ4v) is 7.22. The van der Waals surface area contributed by atoms with Gasteiger partial charge in [-0.1, -0.05) is 56.2 Å². The summed E-state index contributed by atoms with van der Waals surface area (Å²) in [5.41, 5.74) is 8.09. The van der Waals surface area contributed by atoms with Crippen LogP contribution in [0, 0.1) is 11.8 Å². The zero-order chi connectivity index (χ0) is 24.2. The van der Waals surface area contributed by atoms with Gasteiger partial charge >= 0.3 is 0 Å². The number of carbonyl (C=O) groups excluding carboxylic acids is 1. The highest BCUT2D eigenvalue weighted by atomic mass is 32.1. The Labute approximate surface area is 213 Å². The topological polar surface area (TPSA) is 59.2 Å². The second-order valence-electron chi connectivity index (χ2n) is 10.7. The maximum absolute atomic E-state index is 13.0. The number of nitrogens with zero attached hydrogens (tertiary/aromatic N) is 2. The number of hydrogen-bond acceptors (Lipinski definition) is 5. The third-order valence-electron chi connectivity index (χ3n) is 8.29. The van der Waals surface area contributed by atoms with E-state index in [0.717, 1.165) is 34.8 Å². The number of benzene rings is 2. The van der Waals surface area contributed by atoms with Crippen LogP contribution in [0.3, 0.4) is 0 Å². The van der Waals surface area contributed by atoms with Crippen molar-refractivity contribution in [1.29, 1.82) is 0 Å². The summed E-state index contributed by atoms with van der Waals surface area (Å²) in [6, 6.07) is 15.1. The summed E-state index contributed by atoms with van der Waals surface area (Å²) in [6.45, 7) is 4.68. The molecule has 0 aliphatic heterocycles. The van der Waals surface area contributed by atoms with Gasteiger partial charge in [-0.05, 0) is 86.7 Å². The quantitative estimate of drug-likeness (QED) is 0.332. The van der Waals surface area contributed by atoms with Crippen molar-refractivity contribution in [2.75, 3.05) is 18.8 Å². The Kier molecular flexibility index (Phi) is 7.84. The first-order valence-corrected chi connectivity index (χ1v) is 14.4. The van der Waals surface area contributed by atoms with Gasteiger partial charge in [0.1, 0.15) is 0 Å². The van der Waals surface area contributed by atoms with E-state index in [-0.39, 0.29) is 0 Å². The number of thiazole rings is 1. The molecule has 186 valence electrons. The molecule has 1 atom stereocenters. The van der Waals surface area contributed by atoms with Crippen LogP contribution in [-0.4, -0.2) is 34.8 Å². The Balaban J connectivity index is 1.09. The minimum Gasteiger partial charge on any atom is -0.375 e. The van der Waals surface area contributed by atoms with Gasteiger partial charge in [0.05, 0.1) is 5.69 Å². The molecular weight excluding hydrogens is 450 g/mol. The number of Topliss-reactive ketones (excluding diaryl/α,β-unsaturated/α-hetero) is 1. The van der Waals surface area contributed by atoms with Crippen molar-refractivity contribution < 1.29 is 4.79 Å². The summed E-state index contributed by atoms with van der Waals surface area (Å²) in [5.74, 6) is 1.67. The molecule has 4 nitrogen and oxygen atoms in total. The molecule has 2 aliphatic rings. The molecule has 0 radical (unpaired) electrons. The van der Waals surface area contributed by atoms with E-state index in [4.69, 9.17) is 5.73 Å².